The molecule has 1 amide bonds. The van der Waals surface area contributed by atoms with Crippen molar-refractivity contribution in [3.8, 4) is 11.3 Å². The molecular weight excluding hydrogens is 428 g/mol. The molecule has 1 saturated heterocycles. The fraction of sp³-hybridized carbons (Fsp3) is 0.125. The van der Waals surface area contributed by atoms with Crippen LogP contribution in [0.5, 0.6) is 0 Å². The molecule has 0 N–H and O–H groups in total. The highest BCUT2D eigenvalue weighted by Gasteiger charge is 2.30. The van der Waals surface area contributed by atoms with Crippen molar-refractivity contribution >= 4 is 61.9 Å². The third kappa shape index (κ3) is 3.53. The van der Waals surface area contributed by atoms with E-state index in [2.05, 4.69) is 15.9 Å². The van der Waals surface area contributed by atoms with Crippen LogP contribution in [0.2, 0.25) is 0 Å². The molecule has 0 bridgehead atoms. The maximum absolute atomic E-state index is 12.2. The minimum absolute atomic E-state index is 0.00866. The number of benzene rings is 1. The number of hydrogen-bond acceptors (Lipinski definition) is 6. The molecule has 2 heterocycles. The van der Waals surface area contributed by atoms with Gasteiger partial charge in [-0.05, 0) is 41.1 Å². The van der Waals surface area contributed by atoms with Crippen LogP contribution in [0.1, 0.15) is 12.7 Å². The van der Waals surface area contributed by atoms with Crippen LogP contribution in [-0.4, -0.2) is 26.6 Å². The van der Waals surface area contributed by atoms with Crippen LogP contribution in [0.15, 0.2) is 44.1 Å². The molecular formula is C16H11BrN2O4S2. The van der Waals surface area contributed by atoms with E-state index in [9.17, 15) is 14.9 Å². The van der Waals surface area contributed by atoms with E-state index in [4.69, 9.17) is 16.6 Å². The van der Waals surface area contributed by atoms with Crippen LogP contribution < -0.4 is 0 Å². The molecule has 9 heteroatoms. The molecule has 0 saturated carbocycles. The summed E-state index contributed by atoms with van der Waals surface area (Å²) in [5.41, 5.74) is 0.678. The first-order valence-electron chi connectivity index (χ1n) is 7.20. The number of furan rings is 1. The Bertz CT molecular complexity index is 923. The monoisotopic (exact) mass is 438 g/mol. The Kier molecular flexibility index (Phi) is 5.07. The Morgan fingerprint density at radius 2 is 2.16 bits per heavy atom. The quantitative estimate of drug-likeness (QED) is 0.294. The molecule has 0 aliphatic carbocycles. The van der Waals surface area contributed by atoms with Crippen molar-refractivity contribution in [2.75, 3.05) is 6.54 Å². The zero-order valence-corrected chi connectivity index (χ0v) is 16.1. The highest BCUT2D eigenvalue weighted by atomic mass is 79.9. The molecule has 25 heavy (non-hydrogen) atoms. The van der Waals surface area contributed by atoms with Crippen molar-refractivity contribution in [2.45, 2.75) is 6.92 Å². The van der Waals surface area contributed by atoms with Crippen molar-refractivity contribution < 1.29 is 14.1 Å². The van der Waals surface area contributed by atoms with Gasteiger partial charge in [-0.2, -0.15) is 0 Å². The Morgan fingerprint density at radius 1 is 1.40 bits per heavy atom. The number of amides is 1. The number of carbonyl (C=O) groups is 1. The van der Waals surface area contributed by atoms with Crippen LogP contribution >= 0.6 is 39.9 Å². The Balaban J connectivity index is 1.89. The molecule has 0 unspecified atom stereocenters. The molecule has 0 radical (unpaired) electrons. The van der Waals surface area contributed by atoms with Gasteiger partial charge in [0.1, 0.15) is 15.8 Å². The fourth-order valence-corrected chi connectivity index (χ4v) is 4.22. The predicted molar refractivity (Wildman–Crippen MR) is 104 cm³/mol. The van der Waals surface area contributed by atoms with Gasteiger partial charge in [-0.3, -0.25) is 19.8 Å². The average molecular weight is 439 g/mol. The van der Waals surface area contributed by atoms with Crippen LogP contribution in [0, 0.1) is 10.1 Å². The largest absolute Gasteiger partial charge is 0.457 e. The van der Waals surface area contributed by atoms with Gasteiger partial charge in [0.05, 0.1) is 9.83 Å². The zero-order chi connectivity index (χ0) is 18.1. The summed E-state index contributed by atoms with van der Waals surface area (Å²) >= 11 is 9.74. The predicted octanol–water partition coefficient (Wildman–Crippen LogP) is 4.84. The van der Waals surface area contributed by atoms with Crippen LogP contribution in [0.4, 0.5) is 5.69 Å². The summed E-state index contributed by atoms with van der Waals surface area (Å²) in [5, 5.41) is 10.8. The van der Waals surface area contributed by atoms with Gasteiger partial charge in [0.2, 0.25) is 0 Å². The molecule has 1 aliphatic heterocycles. The van der Waals surface area contributed by atoms with Crippen LogP contribution in [0.25, 0.3) is 17.4 Å². The number of hydrogen-bond donors (Lipinski definition) is 0. The first kappa shape index (κ1) is 17.8. The van der Waals surface area contributed by atoms with Gasteiger partial charge in [-0.25, -0.2) is 0 Å². The first-order chi connectivity index (χ1) is 11.9. The van der Waals surface area contributed by atoms with E-state index in [1.165, 1.54) is 28.8 Å². The number of thiocarbonyl (C=S) groups is 1. The maximum atomic E-state index is 12.2. The molecule has 1 aromatic carbocycles. The standard InChI is InChI=1S/C16H11BrN2O4S2/c1-2-18-15(20)14(25-16(18)24)8-10-4-6-13(23-10)11-5-3-9(19(21)22)7-12(11)17/h3-8H,2H2,1H3. The molecule has 1 aromatic heterocycles. The molecule has 128 valence electrons. The number of nitrogens with zero attached hydrogens (tertiary/aromatic N) is 2. The van der Waals surface area contributed by atoms with Gasteiger partial charge in [-0.1, -0.05) is 24.0 Å². The van der Waals surface area contributed by atoms with Gasteiger partial charge in [0, 0.05) is 34.8 Å². The lowest BCUT2D eigenvalue weighted by Gasteiger charge is -2.09. The van der Waals surface area contributed by atoms with E-state index >= 15 is 0 Å². The summed E-state index contributed by atoms with van der Waals surface area (Å²) in [5.74, 6) is 0.919. The lowest BCUT2D eigenvalue weighted by atomic mass is 10.1. The summed E-state index contributed by atoms with van der Waals surface area (Å²) < 4.78 is 6.85. The Morgan fingerprint density at radius 3 is 2.76 bits per heavy atom. The van der Waals surface area contributed by atoms with Crippen molar-refractivity contribution in [2.24, 2.45) is 0 Å². The molecule has 0 spiro atoms. The summed E-state index contributed by atoms with van der Waals surface area (Å²) in [6.45, 7) is 2.39. The third-order valence-corrected chi connectivity index (χ3v) is 5.55. The zero-order valence-electron chi connectivity index (χ0n) is 12.9. The average Bonchev–Trinajstić information content (AvgIpc) is 3.12. The third-order valence-electron chi connectivity index (χ3n) is 3.52. The number of rotatable bonds is 4. The molecule has 1 fully saturated rings. The highest BCUT2D eigenvalue weighted by molar-refractivity contribution is 9.10. The minimum Gasteiger partial charge on any atom is -0.457 e. The molecule has 6 nitrogen and oxygen atoms in total. The van der Waals surface area contributed by atoms with Gasteiger partial charge in [0.15, 0.2) is 0 Å². The summed E-state index contributed by atoms with van der Waals surface area (Å²) in [6.07, 6.45) is 1.65. The number of carbonyl (C=O) groups excluding carboxylic acids is 1. The fourth-order valence-electron chi connectivity index (χ4n) is 2.29. The minimum atomic E-state index is -0.460. The summed E-state index contributed by atoms with van der Waals surface area (Å²) in [6, 6.07) is 7.93. The maximum Gasteiger partial charge on any atom is 0.270 e. The summed E-state index contributed by atoms with van der Waals surface area (Å²) in [4.78, 5) is 24.6. The lowest BCUT2D eigenvalue weighted by Crippen LogP contribution is -2.27. The van der Waals surface area contributed by atoms with Crippen molar-refractivity contribution in [1.29, 1.82) is 0 Å². The van der Waals surface area contributed by atoms with Gasteiger partial charge >= 0.3 is 0 Å². The number of non-ortho nitro benzene ring substituents is 1. The van der Waals surface area contributed by atoms with E-state index in [-0.39, 0.29) is 11.6 Å². The van der Waals surface area contributed by atoms with Crippen molar-refractivity contribution in [3.05, 3.63) is 55.6 Å². The Labute approximate surface area is 161 Å². The normalized spacial score (nSPS) is 16.1. The first-order valence-corrected chi connectivity index (χ1v) is 9.22. The number of nitro groups is 1. The van der Waals surface area contributed by atoms with E-state index < -0.39 is 4.92 Å². The topological polar surface area (TPSA) is 76.6 Å². The molecule has 3 rings (SSSR count). The van der Waals surface area contributed by atoms with E-state index in [0.29, 0.717) is 37.3 Å². The molecule has 1 aliphatic rings. The second kappa shape index (κ2) is 7.11. The highest BCUT2D eigenvalue weighted by Crippen LogP contribution is 2.35. The van der Waals surface area contributed by atoms with Crippen LogP contribution in [-0.2, 0) is 4.79 Å². The summed E-state index contributed by atoms with van der Waals surface area (Å²) in [7, 11) is 0. The SMILES string of the molecule is CCN1C(=O)C(=Cc2ccc(-c3ccc([N+](=O)[O-])cc3Br)o2)SC1=S. The van der Waals surface area contributed by atoms with Gasteiger partial charge < -0.3 is 4.42 Å². The van der Waals surface area contributed by atoms with Crippen LogP contribution in [0.3, 0.4) is 0 Å². The smallest absolute Gasteiger partial charge is 0.270 e. The number of nitro benzene ring substituents is 1. The Hall–Kier alpha value is -1.97. The molecule has 0 atom stereocenters. The van der Waals surface area contributed by atoms with E-state index in [1.807, 2.05) is 6.92 Å². The van der Waals surface area contributed by atoms with Crippen molar-refractivity contribution in [3.63, 3.8) is 0 Å². The van der Waals surface area contributed by atoms with Crippen molar-refractivity contribution in [1.82, 2.24) is 4.90 Å². The second-order valence-corrected chi connectivity index (χ2v) is 7.58. The van der Waals surface area contributed by atoms with Gasteiger partial charge in [0.25, 0.3) is 11.6 Å². The second-order valence-electron chi connectivity index (χ2n) is 5.05. The molecule has 2 aromatic rings. The van der Waals surface area contributed by atoms with Gasteiger partial charge in [-0.15, -0.1) is 0 Å². The number of halogens is 1. The van der Waals surface area contributed by atoms with E-state index in [0.717, 1.165) is 0 Å². The number of likely N-dealkylation sites (N-methyl/N-ethyl adjacent to an activating group) is 1. The van der Waals surface area contributed by atoms with E-state index in [1.54, 1.807) is 24.3 Å². The number of thioether (sulfide) groups is 1. The lowest BCUT2D eigenvalue weighted by molar-refractivity contribution is -0.384.